The van der Waals surface area contributed by atoms with Crippen molar-refractivity contribution in [3.05, 3.63) is 88.0 Å². The zero-order valence-electron chi connectivity index (χ0n) is 13.3. The second kappa shape index (κ2) is 5.53. The normalized spacial score (nSPS) is 27.8. The number of benzene rings is 2. The number of nitro groups is 1. The largest absolute Gasteiger partial charge is 0.448 e. The fraction of sp³-hybridized carbons (Fsp3) is 0.211. The van der Waals surface area contributed by atoms with E-state index in [9.17, 15) is 14.9 Å². The van der Waals surface area contributed by atoms with Gasteiger partial charge in [0.1, 0.15) is 12.2 Å². The van der Waals surface area contributed by atoms with Crippen LogP contribution in [-0.4, -0.2) is 17.0 Å². The predicted molar refractivity (Wildman–Crippen MR) is 88.7 cm³/mol. The standard InChI is InChI=1S/C19H15NO5/c1-12-11-19(25-18(12)21,13-7-3-2-4-8-13)17-16(24-17)14-9-5-6-10-15(14)20(22)23/h2-10,16-17H,1,11H2. The Bertz CT molecular complexity index is 860. The van der Waals surface area contributed by atoms with E-state index in [0.717, 1.165) is 5.56 Å². The van der Waals surface area contributed by atoms with Crippen LogP contribution in [0.1, 0.15) is 23.7 Å². The van der Waals surface area contributed by atoms with Crippen molar-refractivity contribution >= 4 is 11.7 Å². The molecule has 0 spiro atoms. The molecule has 0 aromatic heterocycles. The van der Waals surface area contributed by atoms with Crippen LogP contribution in [0.4, 0.5) is 5.69 Å². The number of nitrogens with zero attached hydrogens (tertiary/aromatic N) is 1. The predicted octanol–water partition coefficient (Wildman–Crippen LogP) is 3.43. The van der Waals surface area contributed by atoms with Crippen molar-refractivity contribution in [1.82, 2.24) is 0 Å². The first-order valence-corrected chi connectivity index (χ1v) is 7.88. The van der Waals surface area contributed by atoms with Gasteiger partial charge in [0.25, 0.3) is 5.69 Å². The molecule has 0 radical (unpaired) electrons. The van der Waals surface area contributed by atoms with E-state index in [1.165, 1.54) is 6.07 Å². The summed E-state index contributed by atoms with van der Waals surface area (Å²) >= 11 is 0. The van der Waals surface area contributed by atoms with Crippen LogP contribution >= 0.6 is 0 Å². The summed E-state index contributed by atoms with van der Waals surface area (Å²) in [7, 11) is 0. The van der Waals surface area contributed by atoms with Crippen molar-refractivity contribution in [2.75, 3.05) is 0 Å². The molecular formula is C19H15NO5. The minimum absolute atomic E-state index is 0.00126. The lowest BCUT2D eigenvalue weighted by Gasteiger charge is -2.26. The molecule has 6 heteroatoms. The summed E-state index contributed by atoms with van der Waals surface area (Å²) in [6.45, 7) is 3.77. The molecule has 4 rings (SSSR count). The van der Waals surface area contributed by atoms with Gasteiger partial charge in [-0.25, -0.2) is 4.79 Å². The molecule has 0 aliphatic carbocycles. The van der Waals surface area contributed by atoms with Gasteiger partial charge in [-0.15, -0.1) is 0 Å². The van der Waals surface area contributed by atoms with E-state index in [0.29, 0.717) is 17.6 Å². The zero-order chi connectivity index (χ0) is 17.6. The molecule has 0 N–H and O–H groups in total. The van der Waals surface area contributed by atoms with Gasteiger partial charge in [0.2, 0.25) is 0 Å². The Hall–Kier alpha value is -2.99. The summed E-state index contributed by atoms with van der Waals surface area (Å²) in [6.07, 6.45) is -0.683. The lowest BCUT2D eigenvalue weighted by Crippen LogP contribution is -2.32. The molecule has 6 nitrogen and oxygen atoms in total. The van der Waals surface area contributed by atoms with Gasteiger partial charge in [-0.2, -0.15) is 0 Å². The van der Waals surface area contributed by atoms with Crippen LogP contribution in [0.5, 0.6) is 0 Å². The molecule has 0 bridgehead atoms. The number of nitro benzene ring substituents is 1. The van der Waals surface area contributed by atoms with Gasteiger partial charge in [-0.3, -0.25) is 10.1 Å². The average Bonchev–Trinajstić information content (AvgIpc) is 3.37. The van der Waals surface area contributed by atoms with Crippen molar-refractivity contribution in [1.29, 1.82) is 0 Å². The molecule has 2 aliphatic heterocycles. The van der Waals surface area contributed by atoms with Crippen LogP contribution in [0.3, 0.4) is 0 Å². The van der Waals surface area contributed by atoms with Crippen molar-refractivity contribution in [2.45, 2.75) is 24.2 Å². The summed E-state index contributed by atoms with van der Waals surface area (Å²) in [6, 6.07) is 15.8. The fourth-order valence-corrected chi connectivity index (χ4v) is 3.46. The van der Waals surface area contributed by atoms with Crippen LogP contribution in [0.2, 0.25) is 0 Å². The number of para-hydroxylation sites is 1. The minimum Gasteiger partial charge on any atom is -0.448 e. The lowest BCUT2D eigenvalue weighted by atomic mass is 9.84. The average molecular weight is 337 g/mol. The molecule has 0 amide bonds. The summed E-state index contributed by atoms with van der Waals surface area (Å²) in [5.74, 6) is -0.458. The molecule has 3 atom stereocenters. The van der Waals surface area contributed by atoms with Gasteiger partial charge >= 0.3 is 5.97 Å². The number of rotatable bonds is 4. The minimum atomic E-state index is -0.996. The smallest absolute Gasteiger partial charge is 0.334 e. The number of cyclic esters (lactones) is 1. The third-order valence-electron chi connectivity index (χ3n) is 4.69. The number of hydrogen-bond acceptors (Lipinski definition) is 5. The van der Waals surface area contributed by atoms with E-state index < -0.39 is 28.7 Å². The van der Waals surface area contributed by atoms with Crippen molar-refractivity contribution in [3.63, 3.8) is 0 Å². The van der Waals surface area contributed by atoms with Crippen molar-refractivity contribution < 1.29 is 19.2 Å². The van der Waals surface area contributed by atoms with E-state index >= 15 is 0 Å². The van der Waals surface area contributed by atoms with Crippen molar-refractivity contribution in [3.8, 4) is 0 Å². The van der Waals surface area contributed by atoms with Crippen LogP contribution < -0.4 is 0 Å². The SMILES string of the molecule is C=C1CC(c2ccccc2)(C2OC2c2ccccc2[N+](=O)[O-])OC1=O. The summed E-state index contributed by atoms with van der Waals surface area (Å²) < 4.78 is 11.5. The van der Waals surface area contributed by atoms with Crippen LogP contribution in [0.25, 0.3) is 0 Å². The summed E-state index contributed by atoms with van der Waals surface area (Å²) in [5, 5.41) is 11.3. The molecule has 2 aromatic carbocycles. The lowest BCUT2D eigenvalue weighted by molar-refractivity contribution is -0.385. The number of esters is 1. The maximum Gasteiger partial charge on any atom is 0.334 e. The second-order valence-electron chi connectivity index (χ2n) is 6.22. The highest BCUT2D eigenvalue weighted by Gasteiger charge is 2.63. The Morgan fingerprint density at radius 2 is 1.80 bits per heavy atom. The number of carbonyl (C=O) groups excluding carboxylic acids is 1. The third kappa shape index (κ3) is 2.42. The van der Waals surface area contributed by atoms with Gasteiger partial charge in [-0.1, -0.05) is 49.0 Å². The first kappa shape index (κ1) is 15.5. The molecule has 2 fully saturated rings. The molecular weight excluding hydrogens is 322 g/mol. The van der Waals surface area contributed by atoms with E-state index in [1.54, 1.807) is 18.2 Å². The van der Waals surface area contributed by atoms with Gasteiger partial charge in [0, 0.05) is 18.1 Å². The van der Waals surface area contributed by atoms with Gasteiger partial charge in [-0.05, 0) is 11.6 Å². The molecule has 0 saturated carbocycles. The summed E-state index contributed by atoms with van der Waals surface area (Å²) in [4.78, 5) is 22.9. The summed E-state index contributed by atoms with van der Waals surface area (Å²) in [5.41, 5.74) is 0.667. The molecule has 2 aromatic rings. The molecule has 2 saturated heterocycles. The molecule has 3 unspecified atom stereocenters. The van der Waals surface area contributed by atoms with E-state index in [-0.39, 0.29) is 5.69 Å². The number of ether oxygens (including phenoxy) is 2. The Morgan fingerprint density at radius 1 is 1.12 bits per heavy atom. The Labute approximate surface area is 143 Å². The molecule has 2 heterocycles. The molecule has 2 aliphatic rings. The van der Waals surface area contributed by atoms with Crippen LogP contribution in [0.15, 0.2) is 66.7 Å². The van der Waals surface area contributed by atoms with E-state index in [2.05, 4.69) is 6.58 Å². The van der Waals surface area contributed by atoms with Crippen LogP contribution in [-0.2, 0) is 19.9 Å². The Kier molecular flexibility index (Phi) is 3.43. The third-order valence-corrected chi connectivity index (χ3v) is 4.69. The maximum absolute atomic E-state index is 12.0. The van der Waals surface area contributed by atoms with Crippen molar-refractivity contribution in [2.24, 2.45) is 0 Å². The highest BCUT2D eigenvalue weighted by Crippen LogP contribution is 2.57. The van der Waals surface area contributed by atoms with E-state index in [1.807, 2.05) is 30.3 Å². The first-order valence-electron chi connectivity index (χ1n) is 7.88. The topological polar surface area (TPSA) is 82.0 Å². The molecule has 25 heavy (non-hydrogen) atoms. The number of carbonyl (C=O) groups is 1. The second-order valence-corrected chi connectivity index (χ2v) is 6.22. The maximum atomic E-state index is 12.0. The fourth-order valence-electron chi connectivity index (χ4n) is 3.46. The number of epoxide rings is 1. The van der Waals surface area contributed by atoms with Gasteiger partial charge in [0.05, 0.1) is 10.5 Å². The zero-order valence-corrected chi connectivity index (χ0v) is 13.3. The highest BCUT2D eigenvalue weighted by molar-refractivity contribution is 5.91. The van der Waals surface area contributed by atoms with Gasteiger partial charge in [0.15, 0.2) is 5.60 Å². The highest BCUT2D eigenvalue weighted by atomic mass is 16.6. The first-order chi connectivity index (χ1) is 12.0. The van der Waals surface area contributed by atoms with E-state index in [4.69, 9.17) is 9.47 Å². The Balaban J connectivity index is 1.74. The number of hydrogen-bond donors (Lipinski definition) is 0. The van der Waals surface area contributed by atoms with Gasteiger partial charge < -0.3 is 9.47 Å². The monoisotopic (exact) mass is 337 g/mol. The van der Waals surface area contributed by atoms with Crippen LogP contribution in [0, 0.1) is 10.1 Å². The Morgan fingerprint density at radius 3 is 2.44 bits per heavy atom. The molecule has 126 valence electrons. The quantitative estimate of drug-likeness (QED) is 0.281.